The van der Waals surface area contributed by atoms with E-state index in [0.717, 1.165) is 0 Å². The number of hydrogen-bond acceptors (Lipinski definition) is 4. The van der Waals surface area contributed by atoms with E-state index in [4.69, 9.17) is 10.5 Å². The minimum atomic E-state index is -0.366. The zero-order valence-corrected chi connectivity index (χ0v) is 12.2. The number of amides is 1. The second-order valence-corrected chi connectivity index (χ2v) is 5.10. The first-order chi connectivity index (χ1) is 9.38. The van der Waals surface area contributed by atoms with Crippen LogP contribution in [0.15, 0.2) is 24.3 Å². The molecule has 0 aliphatic rings. The van der Waals surface area contributed by atoms with Crippen LogP contribution < -0.4 is 11.1 Å². The van der Waals surface area contributed by atoms with Crippen LogP contribution in [0.2, 0.25) is 0 Å². The van der Waals surface area contributed by atoms with E-state index in [2.05, 4.69) is 5.32 Å². The third-order valence-electron chi connectivity index (χ3n) is 2.57. The van der Waals surface area contributed by atoms with E-state index in [9.17, 15) is 9.59 Å². The molecule has 1 aromatic rings. The van der Waals surface area contributed by atoms with Crippen LogP contribution in [0.4, 0.5) is 5.69 Å². The number of nitrogens with one attached hydrogen (secondary N) is 1. The molecule has 0 aromatic heterocycles. The maximum Gasteiger partial charge on any atom is 0.338 e. The molecule has 0 saturated carbocycles. The second-order valence-electron chi connectivity index (χ2n) is 5.10. The zero-order chi connectivity index (χ0) is 15.1. The van der Waals surface area contributed by atoms with Gasteiger partial charge in [-0.15, -0.1) is 0 Å². The van der Waals surface area contributed by atoms with Gasteiger partial charge in [0.2, 0.25) is 5.91 Å². The first-order valence-electron chi connectivity index (χ1n) is 6.75. The molecule has 20 heavy (non-hydrogen) atoms. The Labute approximate surface area is 119 Å². The highest BCUT2D eigenvalue weighted by Gasteiger charge is 2.09. The number of carbonyl (C=O) groups is 2. The smallest absolute Gasteiger partial charge is 0.338 e. The number of rotatable bonds is 6. The van der Waals surface area contributed by atoms with E-state index in [-0.39, 0.29) is 24.0 Å². The average molecular weight is 278 g/mol. The first kappa shape index (κ1) is 16.2. The minimum absolute atomic E-state index is 0.00827. The fraction of sp³-hybridized carbons (Fsp3) is 0.467. The van der Waals surface area contributed by atoms with E-state index in [0.29, 0.717) is 24.1 Å². The maximum absolute atomic E-state index is 11.6. The molecule has 0 bridgehead atoms. The Hall–Kier alpha value is -1.88. The zero-order valence-electron chi connectivity index (χ0n) is 12.2. The van der Waals surface area contributed by atoms with Gasteiger partial charge >= 0.3 is 5.97 Å². The van der Waals surface area contributed by atoms with Gasteiger partial charge in [-0.2, -0.15) is 0 Å². The maximum atomic E-state index is 11.6. The van der Waals surface area contributed by atoms with Crippen molar-refractivity contribution in [2.24, 2.45) is 5.73 Å². The molecular formula is C15H22N2O3. The molecule has 1 amide bonds. The molecule has 0 fully saturated rings. The summed E-state index contributed by atoms with van der Waals surface area (Å²) in [4.78, 5) is 23.3. The van der Waals surface area contributed by atoms with Crippen LogP contribution >= 0.6 is 0 Å². The number of benzene rings is 1. The Morgan fingerprint density at radius 2 is 1.80 bits per heavy atom. The Balaban J connectivity index is 2.54. The molecule has 1 aromatic carbocycles. The van der Waals surface area contributed by atoms with Crippen molar-refractivity contribution in [1.82, 2.24) is 0 Å². The molecule has 1 unspecified atom stereocenters. The summed E-state index contributed by atoms with van der Waals surface area (Å²) in [6, 6.07) is 6.63. The Morgan fingerprint density at radius 1 is 1.20 bits per heavy atom. The van der Waals surface area contributed by atoms with Crippen molar-refractivity contribution in [1.29, 1.82) is 0 Å². The summed E-state index contributed by atoms with van der Waals surface area (Å²) in [5.41, 5.74) is 6.71. The first-order valence-corrected chi connectivity index (χ1v) is 6.75. The van der Waals surface area contributed by atoms with Gasteiger partial charge in [0.15, 0.2) is 0 Å². The molecule has 0 aliphatic heterocycles. The van der Waals surface area contributed by atoms with Gasteiger partial charge in [0.05, 0.1) is 11.7 Å². The van der Waals surface area contributed by atoms with Gasteiger partial charge in [0, 0.05) is 18.2 Å². The van der Waals surface area contributed by atoms with E-state index >= 15 is 0 Å². The molecule has 110 valence electrons. The predicted octanol–water partition coefficient (Wildman–Crippen LogP) is 2.32. The van der Waals surface area contributed by atoms with Gasteiger partial charge in [-0.25, -0.2) is 4.79 Å². The van der Waals surface area contributed by atoms with Crippen molar-refractivity contribution in [3.63, 3.8) is 0 Å². The highest BCUT2D eigenvalue weighted by atomic mass is 16.5. The van der Waals surface area contributed by atoms with Gasteiger partial charge in [-0.1, -0.05) is 0 Å². The molecule has 1 rings (SSSR count). The summed E-state index contributed by atoms with van der Waals surface area (Å²) in [5, 5.41) is 2.76. The van der Waals surface area contributed by atoms with Gasteiger partial charge in [0.25, 0.3) is 0 Å². The Bertz CT molecular complexity index is 453. The molecule has 0 heterocycles. The van der Waals surface area contributed by atoms with Gasteiger partial charge in [-0.3, -0.25) is 4.79 Å². The van der Waals surface area contributed by atoms with Gasteiger partial charge in [0.1, 0.15) is 0 Å². The average Bonchev–Trinajstić information content (AvgIpc) is 2.36. The molecule has 0 spiro atoms. The fourth-order valence-electron chi connectivity index (χ4n) is 1.55. The molecule has 0 radical (unpaired) electrons. The van der Waals surface area contributed by atoms with Crippen molar-refractivity contribution in [3.05, 3.63) is 29.8 Å². The molecule has 5 heteroatoms. The normalized spacial score (nSPS) is 12.1. The number of anilines is 1. The third kappa shape index (κ3) is 5.84. The number of esters is 1. The van der Waals surface area contributed by atoms with Crippen molar-refractivity contribution in [2.45, 2.75) is 45.8 Å². The summed E-state index contributed by atoms with van der Waals surface area (Å²) < 4.78 is 5.08. The van der Waals surface area contributed by atoms with Crippen LogP contribution in [0.1, 0.15) is 44.0 Å². The lowest BCUT2D eigenvalue weighted by atomic mass is 10.1. The lowest BCUT2D eigenvalue weighted by molar-refractivity contribution is -0.116. The molecule has 0 aliphatic carbocycles. The molecule has 0 saturated heterocycles. The van der Waals surface area contributed by atoms with E-state index in [1.54, 1.807) is 38.1 Å². The fourth-order valence-corrected chi connectivity index (χ4v) is 1.55. The minimum Gasteiger partial charge on any atom is -0.459 e. The highest BCUT2D eigenvalue weighted by Crippen LogP contribution is 2.12. The summed E-state index contributed by atoms with van der Waals surface area (Å²) in [5.74, 6) is -0.449. The van der Waals surface area contributed by atoms with E-state index in [1.807, 2.05) is 6.92 Å². The topological polar surface area (TPSA) is 81.4 Å². The quantitative estimate of drug-likeness (QED) is 0.782. The van der Waals surface area contributed by atoms with E-state index < -0.39 is 0 Å². The summed E-state index contributed by atoms with van der Waals surface area (Å²) in [6.07, 6.45) is 0.875. The van der Waals surface area contributed by atoms with Crippen LogP contribution in [0.5, 0.6) is 0 Å². The number of nitrogens with two attached hydrogens (primary N) is 1. The predicted molar refractivity (Wildman–Crippen MR) is 78.5 cm³/mol. The standard InChI is InChI=1S/C15H22N2O3/c1-10(2)20-15(19)12-5-7-13(8-6-12)17-14(18)9-4-11(3)16/h5-8,10-11H,4,9,16H2,1-3H3,(H,17,18). The van der Waals surface area contributed by atoms with Crippen LogP contribution in [-0.2, 0) is 9.53 Å². The van der Waals surface area contributed by atoms with Crippen molar-refractivity contribution in [3.8, 4) is 0 Å². The Morgan fingerprint density at radius 3 is 2.30 bits per heavy atom. The van der Waals surface area contributed by atoms with Crippen LogP contribution in [0.3, 0.4) is 0 Å². The molecule has 1 atom stereocenters. The van der Waals surface area contributed by atoms with E-state index in [1.165, 1.54) is 0 Å². The lowest BCUT2D eigenvalue weighted by Gasteiger charge is -2.09. The van der Waals surface area contributed by atoms with Crippen molar-refractivity contribution in [2.75, 3.05) is 5.32 Å². The lowest BCUT2D eigenvalue weighted by Crippen LogP contribution is -2.19. The SMILES string of the molecule is CC(N)CCC(=O)Nc1ccc(C(=O)OC(C)C)cc1. The highest BCUT2D eigenvalue weighted by molar-refractivity contribution is 5.93. The van der Waals surface area contributed by atoms with Gasteiger partial charge < -0.3 is 15.8 Å². The number of ether oxygens (including phenoxy) is 1. The molecular weight excluding hydrogens is 256 g/mol. The van der Waals surface area contributed by atoms with Crippen LogP contribution in [-0.4, -0.2) is 24.0 Å². The third-order valence-corrected chi connectivity index (χ3v) is 2.57. The molecule has 3 N–H and O–H groups in total. The summed E-state index contributed by atoms with van der Waals surface area (Å²) in [7, 11) is 0. The van der Waals surface area contributed by atoms with Crippen molar-refractivity contribution < 1.29 is 14.3 Å². The van der Waals surface area contributed by atoms with Crippen molar-refractivity contribution >= 4 is 17.6 Å². The molecule has 5 nitrogen and oxygen atoms in total. The Kier molecular flexibility index (Phi) is 6.18. The second kappa shape index (κ2) is 7.65. The monoisotopic (exact) mass is 278 g/mol. The number of carbonyl (C=O) groups excluding carboxylic acids is 2. The summed E-state index contributed by atoms with van der Waals surface area (Å²) in [6.45, 7) is 5.46. The summed E-state index contributed by atoms with van der Waals surface area (Å²) >= 11 is 0. The van der Waals surface area contributed by atoms with Crippen LogP contribution in [0.25, 0.3) is 0 Å². The number of hydrogen-bond donors (Lipinski definition) is 2. The van der Waals surface area contributed by atoms with Gasteiger partial charge in [-0.05, 0) is 51.5 Å². The largest absolute Gasteiger partial charge is 0.459 e. The van der Waals surface area contributed by atoms with Crippen LogP contribution in [0, 0.1) is 0 Å².